The first kappa shape index (κ1) is 21.5. The van der Waals surface area contributed by atoms with Crippen LogP contribution >= 0.6 is 15.9 Å². The van der Waals surface area contributed by atoms with Gasteiger partial charge in [0.15, 0.2) is 5.82 Å². The van der Waals surface area contributed by atoms with Crippen LogP contribution in [0.25, 0.3) is 11.3 Å². The topological polar surface area (TPSA) is 96.5 Å². The van der Waals surface area contributed by atoms with Gasteiger partial charge in [0.2, 0.25) is 11.9 Å². The lowest BCUT2D eigenvalue weighted by Crippen LogP contribution is -2.40. The van der Waals surface area contributed by atoms with E-state index in [0.717, 1.165) is 31.9 Å². The number of aromatic nitrogens is 2. The second-order valence-corrected chi connectivity index (χ2v) is 8.16. The Morgan fingerprint density at radius 1 is 1.26 bits per heavy atom. The van der Waals surface area contributed by atoms with Crippen LogP contribution < -0.4 is 15.5 Å². The molecule has 2 aromatic rings. The summed E-state index contributed by atoms with van der Waals surface area (Å²) in [5, 5.41) is 6.58. The first-order valence-corrected chi connectivity index (χ1v) is 11.3. The van der Waals surface area contributed by atoms with Crippen molar-refractivity contribution in [3.63, 3.8) is 0 Å². The summed E-state index contributed by atoms with van der Waals surface area (Å²) >= 11 is 3.16. The van der Waals surface area contributed by atoms with Gasteiger partial charge in [-0.05, 0) is 37.8 Å². The third-order valence-electron chi connectivity index (χ3n) is 5.48. The van der Waals surface area contributed by atoms with Crippen LogP contribution in [0.3, 0.4) is 0 Å². The number of carbonyl (C=O) groups excluding carboxylic acids is 2. The molecule has 1 saturated heterocycles. The number of carbonyl (C=O) groups is 2. The minimum absolute atomic E-state index is 0.00709. The summed E-state index contributed by atoms with van der Waals surface area (Å²) in [5.41, 5.74) is 1.36. The molecule has 1 aromatic carbocycles. The van der Waals surface area contributed by atoms with Gasteiger partial charge in [-0.3, -0.25) is 9.69 Å². The maximum Gasteiger partial charge on any atom is 0.414 e. The molecule has 10 heteroatoms. The molecule has 164 valence electrons. The van der Waals surface area contributed by atoms with Gasteiger partial charge >= 0.3 is 6.09 Å². The second-order valence-electron chi connectivity index (χ2n) is 7.60. The van der Waals surface area contributed by atoms with Crippen molar-refractivity contribution in [3.8, 4) is 11.3 Å². The van der Waals surface area contributed by atoms with Crippen LogP contribution in [-0.2, 0) is 9.53 Å². The van der Waals surface area contributed by atoms with Gasteiger partial charge < -0.3 is 15.4 Å². The largest absolute Gasteiger partial charge is 0.447 e. The quantitative estimate of drug-likeness (QED) is 0.600. The average Bonchev–Trinajstić information content (AvgIpc) is 3.22. The normalized spacial score (nSPS) is 21.0. The monoisotopic (exact) mass is 491 g/mol. The third kappa shape index (κ3) is 5.12. The third-order valence-corrected chi connectivity index (χ3v) is 5.99. The molecule has 2 N–H and O–H groups in total. The first-order chi connectivity index (χ1) is 15.0. The molecule has 0 radical (unpaired) electrons. The van der Waals surface area contributed by atoms with Crippen LogP contribution in [0.5, 0.6) is 0 Å². The van der Waals surface area contributed by atoms with E-state index in [2.05, 4.69) is 36.5 Å². The van der Waals surface area contributed by atoms with E-state index in [1.807, 2.05) is 0 Å². The Labute approximate surface area is 187 Å². The molecule has 2 heterocycles. The molecule has 31 heavy (non-hydrogen) atoms. The Bertz CT molecular complexity index is 968. The van der Waals surface area contributed by atoms with Gasteiger partial charge in [-0.15, -0.1) is 0 Å². The number of anilines is 2. The summed E-state index contributed by atoms with van der Waals surface area (Å²) in [4.78, 5) is 33.4. The molecule has 8 nitrogen and oxygen atoms in total. The molecule has 2 fully saturated rings. The van der Waals surface area contributed by atoms with Gasteiger partial charge in [0, 0.05) is 23.3 Å². The fourth-order valence-electron chi connectivity index (χ4n) is 3.92. The van der Waals surface area contributed by atoms with Gasteiger partial charge in [0.25, 0.3) is 0 Å². The fourth-order valence-corrected chi connectivity index (χ4v) is 4.08. The van der Waals surface area contributed by atoms with E-state index in [0.29, 0.717) is 35.7 Å². The number of amides is 2. The zero-order valence-corrected chi connectivity index (χ0v) is 18.4. The van der Waals surface area contributed by atoms with Gasteiger partial charge in [0.05, 0.1) is 18.1 Å². The smallest absolute Gasteiger partial charge is 0.414 e. The Balaban J connectivity index is 1.45. The van der Waals surface area contributed by atoms with Crippen molar-refractivity contribution < 1.29 is 18.7 Å². The molecule has 0 spiro atoms. The Kier molecular flexibility index (Phi) is 6.64. The molecule has 1 aliphatic carbocycles. The molecular formula is C21H23BrFN5O3. The lowest BCUT2D eigenvalue weighted by atomic mass is 9.91. The number of ether oxygens (including phenoxy) is 1. The van der Waals surface area contributed by atoms with E-state index in [-0.39, 0.29) is 23.7 Å². The Morgan fingerprint density at radius 3 is 2.74 bits per heavy atom. The van der Waals surface area contributed by atoms with Crippen molar-refractivity contribution in [2.75, 3.05) is 28.7 Å². The SMILES string of the molecule is O=C(CBr)N[C@H]1CC[C@H](Nc2ncc(F)c(-c3cccc(N4CCOC4=O)c3)n2)CC1. The summed E-state index contributed by atoms with van der Waals surface area (Å²) in [7, 11) is 0. The minimum atomic E-state index is -0.534. The van der Waals surface area contributed by atoms with Crippen LogP contribution in [0.2, 0.25) is 0 Å². The highest BCUT2D eigenvalue weighted by Gasteiger charge is 2.25. The number of nitrogens with zero attached hydrogens (tertiary/aromatic N) is 3. The van der Waals surface area contributed by atoms with Crippen LogP contribution in [0, 0.1) is 5.82 Å². The standard InChI is InChI=1S/C21H23BrFN5O3/c22-11-18(29)25-14-4-6-15(7-5-14)26-20-24-12-17(23)19(27-20)13-2-1-3-16(10-13)28-8-9-31-21(28)30/h1-3,10,12,14-15H,4-9,11H2,(H,25,29)(H,24,26,27)/t14-,15-. The Morgan fingerprint density at radius 2 is 2.03 bits per heavy atom. The van der Waals surface area contributed by atoms with Crippen LogP contribution in [-0.4, -0.2) is 52.5 Å². The number of hydrogen-bond donors (Lipinski definition) is 2. The molecule has 0 unspecified atom stereocenters. The van der Waals surface area contributed by atoms with Crippen molar-refractivity contribution >= 4 is 39.6 Å². The molecule has 1 saturated carbocycles. The highest BCUT2D eigenvalue weighted by atomic mass is 79.9. The predicted octanol–water partition coefficient (Wildman–Crippen LogP) is 3.47. The fraction of sp³-hybridized carbons (Fsp3) is 0.429. The number of rotatable bonds is 6. The number of nitrogens with one attached hydrogen (secondary N) is 2. The van der Waals surface area contributed by atoms with E-state index in [9.17, 15) is 14.0 Å². The van der Waals surface area contributed by atoms with Crippen molar-refractivity contribution in [3.05, 3.63) is 36.3 Å². The first-order valence-electron chi connectivity index (χ1n) is 10.2. The summed E-state index contributed by atoms with van der Waals surface area (Å²) in [5.74, 6) is -0.185. The van der Waals surface area contributed by atoms with Crippen LogP contribution in [0.15, 0.2) is 30.5 Å². The lowest BCUT2D eigenvalue weighted by Gasteiger charge is -2.29. The van der Waals surface area contributed by atoms with Crippen molar-refractivity contribution in [2.45, 2.75) is 37.8 Å². The summed E-state index contributed by atoms with van der Waals surface area (Å²) in [6.07, 6.45) is 4.18. The van der Waals surface area contributed by atoms with E-state index in [1.54, 1.807) is 24.3 Å². The number of halogens is 2. The van der Waals surface area contributed by atoms with E-state index >= 15 is 0 Å². The van der Waals surface area contributed by atoms with Gasteiger partial charge in [-0.1, -0.05) is 28.1 Å². The highest BCUT2D eigenvalue weighted by molar-refractivity contribution is 9.09. The number of cyclic esters (lactones) is 1. The molecule has 0 atom stereocenters. The molecule has 4 rings (SSSR count). The molecule has 2 aliphatic rings. The zero-order chi connectivity index (χ0) is 21.8. The number of alkyl halides is 1. The van der Waals surface area contributed by atoms with Gasteiger partial charge in [-0.2, -0.15) is 0 Å². The number of hydrogen-bond acceptors (Lipinski definition) is 6. The van der Waals surface area contributed by atoms with Gasteiger partial charge in [-0.25, -0.2) is 19.2 Å². The zero-order valence-electron chi connectivity index (χ0n) is 16.8. The van der Waals surface area contributed by atoms with E-state index < -0.39 is 11.9 Å². The highest BCUT2D eigenvalue weighted by Crippen LogP contribution is 2.28. The maximum atomic E-state index is 14.5. The van der Waals surface area contributed by atoms with Crippen LogP contribution in [0.1, 0.15) is 25.7 Å². The molecule has 1 aliphatic heterocycles. The van der Waals surface area contributed by atoms with E-state index in [4.69, 9.17) is 4.74 Å². The van der Waals surface area contributed by atoms with Crippen molar-refractivity contribution in [2.24, 2.45) is 0 Å². The molecule has 0 bridgehead atoms. The summed E-state index contributed by atoms with van der Waals surface area (Å²) < 4.78 is 19.5. The second kappa shape index (κ2) is 9.59. The van der Waals surface area contributed by atoms with Crippen molar-refractivity contribution in [1.29, 1.82) is 0 Å². The summed E-state index contributed by atoms with van der Waals surface area (Å²) in [6, 6.07) is 7.33. The molecule has 2 amide bonds. The minimum Gasteiger partial charge on any atom is -0.447 e. The van der Waals surface area contributed by atoms with Crippen LogP contribution in [0.4, 0.5) is 20.8 Å². The average molecular weight is 492 g/mol. The van der Waals surface area contributed by atoms with Crippen molar-refractivity contribution in [1.82, 2.24) is 15.3 Å². The molecule has 1 aromatic heterocycles. The summed E-state index contributed by atoms with van der Waals surface area (Å²) in [6.45, 7) is 0.793. The maximum absolute atomic E-state index is 14.5. The molecular weight excluding hydrogens is 469 g/mol. The Hall–Kier alpha value is -2.75. The number of benzene rings is 1. The lowest BCUT2D eigenvalue weighted by molar-refractivity contribution is -0.119. The predicted molar refractivity (Wildman–Crippen MR) is 118 cm³/mol. The van der Waals surface area contributed by atoms with Gasteiger partial charge in [0.1, 0.15) is 12.3 Å². The van der Waals surface area contributed by atoms with E-state index in [1.165, 1.54) is 4.90 Å².